The lowest BCUT2D eigenvalue weighted by atomic mass is 10.1. The zero-order valence-electron chi connectivity index (χ0n) is 17.7. The summed E-state index contributed by atoms with van der Waals surface area (Å²) in [6.45, 7) is 5.32. The molecule has 0 aliphatic rings. The standard InChI is InChI=1S/C22H23N3O5S/c1-5-30-21(28)17-12(2)16(13(3)23-17)19(26)25-22-24-18(20(27)29-4)15(31-22)11-14-9-7-6-8-10-14/h6-10,23H,5,11H2,1-4H3,(H,24,25,26). The van der Waals surface area contributed by atoms with E-state index in [2.05, 4.69) is 15.3 Å². The van der Waals surface area contributed by atoms with Crippen LogP contribution in [0.4, 0.5) is 5.13 Å². The molecule has 1 aromatic carbocycles. The molecule has 2 aromatic heterocycles. The Labute approximate surface area is 183 Å². The van der Waals surface area contributed by atoms with Crippen molar-refractivity contribution in [2.24, 2.45) is 0 Å². The van der Waals surface area contributed by atoms with Crippen LogP contribution in [0.15, 0.2) is 30.3 Å². The molecule has 0 radical (unpaired) electrons. The van der Waals surface area contributed by atoms with E-state index in [-0.39, 0.29) is 23.1 Å². The third-order valence-electron chi connectivity index (χ3n) is 4.65. The van der Waals surface area contributed by atoms with Gasteiger partial charge in [0, 0.05) is 17.0 Å². The molecule has 0 aliphatic heterocycles. The van der Waals surface area contributed by atoms with Crippen LogP contribution < -0.4 is 5.32 Å². The Morgan fingerprint density at radius 2 is 1.84 bits per heavy atom. The van der Waals surface area contributed by atoms with Crippen molar-refractivity contribution in [3.05, 3.63) is 69.0 Å². The average molecular weight is 442 g/mol. The minimum Gasteiger partial charge on any atom is -0.464 e. The quantitative estimate of drug-likeness (QED) is 0.538. The van der Waals surface area contributed by atoms with Crippen molar-refractivity contribution >= 4 is 34.3 Å². The van der Waals surface area contributed by atoms with Crippen molar-refractivity contribution in [1.29, 1.82) is 0 Å². The van der Waals surface area contributed by atoms with Crippen LogP contribution in [-0.2, 0) is 15.9 Å². The van der Waals surface area contributed by atoms with Gasteiger partial charge in [0.25, 0.3) is 5.91 Å². The number of nitrogens with one attached hydrogen (secondary N) is 2. The molecule has 31 heavy (non-hydrogen) atoms. The first-order chi connectivity index (χ1) is 14.8. The maximum atomic E-state index is 12.9. The van der Waals surface area contributed by atoms with E-state index >= 15 is 0 Å². The van der Waals surface area contributed by atoms with Crippen molar-refractivity contribution in [2.45, 2.75) is 27.2 Å². The highest BCUT2D eigenvalue weighted by Gasteiger charge is 2.25. The van der Waals surface area contributed by atoms with Crippen molar-refractivity contribution in [3.8, 4) is 0 Å². The van der Waals surface area contributed by atoms with E-state index in [9.17, 15) is 14.4 Å². The summed E-state index contributed by atoms with van der Waals surface area (Å²) in [5, 5.41) is 3.01. The maximum Gasteiger partial charge on any atom is 0.357 e. The molecule has 2 N–H and O–H groups in total. The van der Waals surface area contributed by atoms with Gasteiger partial charge in [0.1, 0.15) is 5.69 Å². The van der Waals surface area contributed by atoms with Gasteiger partial charge < -0.3 is 14.5 Å². The summed E-state index contributed by atoms with van der Waals surface area (Å²) in [4.78, 5) is 45.1. The third kappa shape index (κ3) is 4.83. The molecular formula is C22H23N3O5S. The van der Waals surface area contributed by atoms with Gasteiger partial charge in [0.15, 0.2) is 10.8 Å². The highest BCUT2D eigenvalue weighted by molar-refractivity contribution is 7.16. The Morgan fingerprint density at radius 1 is 1.13 bits per heavy atom. The summed E-state index contributed by atoms with van der Waals surface area (Å²) in [7, 11) is 1.29. The molecule has 8 nitrogen and oxygen atoms in total. The molecule has 9 heteroatoms. The number of thiazole rings is 1. The fraction of sp³-hybridized carbons (Fsp3) is 0.273. The predicted molar refractivity (Wildman–Crippen MR) is 117 cm³/mol. The van der Waals surface area contributed by atoms with Crippen LogP contribution >= 0.6 is 11.3 Å². The van der Waals surface area contributed by atoms with Gasteiger partial charge in [-0.15, -0.1) is 11.3 Å². The SMILES string of the molecule is CCOC(=O)c1[nH]c(C)c(C(=O)Nc2nc(C(=O)OC)c(Cc3ccccc3)s2)c1C. The summed E-state index contributed by atoms with van der Waals surface area (Å²) < 4.78 is 9.87. The number of rotatable bonds is 7. The average Bonchev–Trinajstić information content (AvgIpc) is 3.28. The van der Waals surface area contributed by atoms with Crippen molar-refractivity contribution in [1.82, 2.24) is 9.97 Å². The molecule has 0 bridgehead atoms. The Balaban J connectivity index is 1.88. The molecule has 0 aliphatic carbocycles. The van der Waals surface area contributed by atoms with Crippen molar-refractivity contribution < 1.29 is 23.9 Å². The molecule has 2 heterocycles. The minimum atomic E-state index is -0.568. The van der Waals surface area contributed by atoms with Gasteiger partial charge >= 0.3 is 11.9 Å². The first-order valence-corrected chi connectivity index (χ1v) is 10.5. The second kappa shape index (κ2) is 9.57. The number of aromatic nitrogens is 2. The smallest absolute Gasteiger partial charge is 0.357 e. The van der Waals surface area contributed by atoms with Crippen LogP contribution in [0.3, 0.4) is 0 Å². The summed E-state index contributed by atoms with van der Waals surface area (Å²) in [6.07, 6.45) is 0.480. The molecule has 0 spiro atoms. The fourth-order valence-electron chi connectivity index (χ4n) is 3.22. The Kier molecular flexibility index (Phi) is 6.86. The van der Waals surface area contributed by atoms with E-state index in [4.69, 9.17) is 9.47 Å². The molecular weight excluding hydrogens is 418 g/mol. The van der Waals surface area contributed by atoms with Gasteiger partial charge in [-0.25, -0.2) is 14.6 Å². The number of hydrogen-bond donors (Lipinski definition) is 2. The molecule has 1 amide bonds. The number of hydrogen-bond acceptors (Lipinski definition) is 7. The zero-order valence-corrected chi connectivity index (χ0v) is 18.5. The Bertz CT molecular complexity index is 1120. The molecule has 0 fully saturated rings. The lowest BCUT2D eigenvalue weighted by Gasteiger charge is -2.03. The van der Waals surface area contributed by atoms with Gasteiger partial charge in [-0.3, -0.25) is 10.1 Å². The van der Waals surface area contributed by atoms with Crippen LogP contribution in [0, 0.1) is 13.8 Å². The molecule has 162 valence electrons. The summed E-state index contributed by atoms with van der Waals surface area (Å²) >= 11 is 1.21. The number of H-pyrrole nitrogens is 1. The molecule has 0 atom stereocenters. The van der Waals surface area contributed by atoms with Crippen LogP contribution in [-0.4, -0.2) is 41.5 Å². The van der Waals surface area contributed by atoms with Crippen LogP contribution in [0.1, 0.15) is 60.0 Å². The summed E-state index contributed by atoms with van der Waals surface area (Å²) in [5.74, 6) is -1.52. The van der Waals surface area contributed by atoms with Crippen molar-refractivity contribution in [2.75, 3.05) is 19.0 Å². The number of aryl methyl sites for hydroxylation is 1. The van der Waals surface area contributed by atoms with E-state index < -0.39 is 17.8 Å². The van der Waals surface area contributed by atoms with Crippen LogP contribution in [0.5, 0.6) is 0 Å². The number of amides is 1. The van der Waals surface area contributed by atoms with Crippen molar-refractivity contribution in [3.63, 3.8) is 0 Å². The Morgan fingerprint density at radius 3 is 2.48 bits per heavy atom. The molecule has 3 rings (SSSR count). The summed E-state index contributed by atoms with van der Waals surface area (Å²) in [5.41, 5.74) is 2.77. The number of aromatic amines is 1. The first-order valence-electron chi connectivity index (χ1n) is 9.65. The number of carbonyl (C=O) groups is 3. The number of esters is 2. The second-order valence-electron chi connectivity index (χ2n) is 6.74. The van der Waals surface area contributed by atoms with Gasteiger partial charge in [0.05, 0.1) is 19.3 Å². The van der Waals surface area contributed by atoms with Gasteiger partial charge in [-0.2, -0.15) is 0 Å². The Hall–Kier alpha value is -3.46. The third-order valence-corrected chi connectivity index (χ3v) is 5.62. The van der Waals surface area contributed by atoms with Crippen LogP contribution in [0.2, 0.25) is 0 Å². The monoisotopic (exact) mass is 441 g/mol. The van der Waals surface area contributed by atoms with Gasteiger partial charge in [-0.05, 0) is 31.9 Å². The lowest BCUT2D eigenvalue weighted by molar-refractivity contribution is 0.0518. The first kappa shape index (κ1) is 22.2. The van der Waals surface area contributed by atoms with Crippen LogP contribution in [0.25, 0.3) is 0 Å². The molecule has 3 aromatic rings. The minimum absolute atomic E-state index is 0.168. The van der Waals surface area contributed by atoms with E-state index in [1.165, 1.54) is 18.4 Å². The number of anilines is 1. The van der Waals surface area contributed by atoms with E-state index in [1.54, 1.807) is 20.8 Å². The predicted octanol–water partition coefficient (Wildman–Crippen LogP) is 3.89. The summed E-state index contributed by atoms with van der Waals surface area (Å²) in [6, 6.07) is 9.63. The fourth-order valence-corrected chi connectivity index (χ4v) is 4.20. The number of ether oxygens (including phenoxy) is 2. The molecule has 0 unspecified atom stereocenters. The van der Waals surface area contributed by atoms with Gasteiger partial charge in [-0.1, -0.05) is 30.3 Å². The normalized spacial score (nSPS) is 10.6. The maximum absolute atomic E-state index is 12.9. The largest absolute Gasteiger partial charge is 0.464 e. The number of methoxy groups -OCH3 is 1. The molecule has 0 saturated heterocycles. The topological polar surface area (TPSA) is 110 Å². The number of benzene rings is 1. The number of nitrogens with zero attached hydrogens (tertiary/aromatic N) is 1. The highest BCUT2D eigenvalue weighted by Crippen LogP contribution is 2.28. The van der Waals surface area contributed by atoms with E-state index in [1.807, 2.05) is 30.3 Å². The zero-order chi connectivity index (χ0) is 22.5. The number of carbonyl (C=O) groups excluding carboxylic acids is 3. The highest BCUT2D eigenvalue weighted by atomic mass is 32.1. The van der Waals surface area contributed by atoms with E-state index in [0.29, 0.717) is 28.1 Å². The van der Waals surface area contributed by atoms with E-state index in [0.717, 1.165) is 5.56 Å². The van der Waals surface area contributed by atoms with Gasteiger partial charge in [0.2, 0.25) is 0 Å². The lowest BCUT2D eigenvalue weighted by Crippen LogP contribution is -2.14. The second-order valence-corrected chi connectivity index (χ2v) is 7.83. The molecule has 0 saturated carbocycles.